The van der Waals surface area contributed by atoms with E-state index in [0.29, 0.717) is 23.6 Å². The second kappa shape index (κ2) is 8.79. The van der Waals surface area contributed by atoms with E-state index in [0.717, 1.165) is 24.8 Å². The Balaban J connectivity index is 1.59. The quantitative estimate of drug-likeness (QED) is 0.669. The fraction of sp³-hybridized carbons (Fsp3) is 0.318. The molecule has 1 aromatic carbocycles. The molecule has 6 nitrogen and oxygen atoms in total. The van der Waals surface area contributed by atoms with Crippen LogP contribution in [0.2, 0.25) is 0 Å². The van der Waals surface area contributed by atoms with Crippen molar-refractivity contribution in [3.63, 3.8) is 0 Å². The van der Waals surface area contributed by atoms with Crippen LogP contribution < -0.4 is 10.3 Å². The maximum absolute atomic E-state index is 14.0. The molecule has 2 aromatic heterocycles. The minimum Gasteiger partial charge on any atom is -0.494 e. The van der Waals surface area contributed by atoms with Gasteiger partial charge in [0.25, 0.3) is 5.56 Å². The van der Waals surface area contributed by atoms with Gasteiger partial charge in [0.05, 0.1) is 25.3 Å². The van der Waals surface area contributed by atoms with Gasteiger partial charge in [0.1, 0.15) is 5.82 Å². The summed E-state index contributed by atoms with van der Waals surface area (Å²) in [5.41, 5.74) is 1.83. The molecule has 30 heavy (non-hydrogen) atoms. The van der Waals surface area contributed by atoms with Gasteiger partial charge in [-0.15, -0.1) is 0 Å². The van der Waals surface area contributed by atoms with Crippen molar-refractivity contribution in [3.05, 3.63) is 68.7 Å². The Morgan fingerprint density at radius 2 is 2.20 bits per heavy atom. The van der Waals surface area contributed by atoms with Gasteiger partial charge in [-0.3, -0.25) is 9.59 Å². The molecule has 0 aliphatic carbocycles. The summed E-state index contributed by atoms with van der Waals surface area (Å²) in [6, 6.07) is 7.62. The number of piperidine rings is 1. The third kappa shape index (κ3) is 4.28. The van der Waals surface area contributed by atoms with E-state index in [1.54, 1.807) is 11.0 Å². The van der Waals surface area contributed by atoms with E-state index in [-0.39, 0.29) is 29.7 Å². The Kier molecular flexibility index (Phi) is 5.94. The van der Waals surface area contributed by atoms with Crippen LogP contribution in [0.25, 0.3) is 11.3 Å². The molecule has 0 saturated carbocycles. The van der Waals surface area contributed by atoms with E-state index in [4.69, 9.17) is 4.74 Å². The topological polar surface area (TPSA) is 75.3 Å². The highest BCUT2D eigenvalue weighted by Gasteiger charge is 2.30. The summed E-state index contributed by atoms with van der Waals surface area (Å²) < 4.78 is 18.9. The zero-order chi connectivity index (χ0) is 21.1. The molecule has 0 bridgehead atoms. The number of aromatic amines is 1. The number of aromatic nitrogens is 2. The number of nitrogens with zero attached hydrogens (tertiary/aromatic N) is 2. The van der Waals surface area contributed by atoms with E-state index in [2.05, 4.69) is 9.97 Å². The SMILES string of the molecule is COc1ccc(CC(=O)N2CCCC[C@@H]2c2nc(-c3ccsc3)cc(=O)[nH]2)cc1F. The molecule has 0 radical (unpaired) electrons. The summed E-state index contributed by atoms with van der Waals surface area (Å²) in [7, 11) is 1.40. The Hall–Kier alpha value is -3.00. The number of H-pyrrole nitrogens is 1. The number of likely N-dealkylation sites (tertiary alicyclic amines) is 1. The lowest BCUT2D eigenvalue weighted by atomic mass is 9.99. The molecule has 0 spiro atoms. The molecular formula is C22H22FN3O3S. The number of hydrogen-bond donors (Lipinski definition) is 1. The molecule has 1 fully saturated rings. The number of rotatable bonds is 5. The van der Waals surface area contributed by atoms with Crippen LogP contribution in [0.4, 0.5) is 4.39 Å². The molecule has 1 aliphatic heterocycles. The zero-order valence-corrected chi connectivity index (χ0v) is 17.4. The van der Waals surface area contributed by atoms with Crippen LogP contribution in [0.5, 0.6) is 5.75 Å². The fourth-order valence-corrected chi connectivity index (χ4v) is 4.45. The molecule has 1 amide bonds. The lowest BCUT2D eigenvalue weighted by Crippen LogP contribution is -2.40. The molecule has 8 heteroatoms. The first-order valence-corrected chi connectivity index (χ1v) is 10.7. The molecule has 1 N–H and O–H groups in total. The highest BCUT2D eigenvalue weighted by molar-refractivity contribution is 7.08. The molecule has 3 heterocycles. The van der Waals surface area contributed by atoms with Gasteiger partial charge in [-0.05, 0) is 48.4 Å². The molecule has 4 rings (SSSR count). The number of thiophene rings is 1. The van der Waals surface area contributed by atoms with E-state index in [9.17, 15) is 14.0 Å². The molecule has 0 unspecified atom stereocenters. The second-order valence-corrected chi connectivity index (χ2v) is 8.05. The van der Waals surface area contributed by atoms with Crippen molar-refractivity contribution in [1.29, 1.82) is 0 Å². The largest absolute Gasteiger partial charge is 0.494 e. The van der Waals surface area contributed by atoms with Gasteiger partial charge in [-0.2, -0.15) is 11.3 Å². The molecule has 1 aliphatic rings. The average molecular weight is 428 g/mol. The number of nitrogens with one attached hydrogen (secondary N) is 1. The van der Waals surface area contributed by atoms with Crippen molar-refractivity contribution in [1.82, 2.24) is 14.9 Å². The van der Waals surface area contributed by atoms with Gasteiger partial charge < -0.3 is 14.6 Å². The molecule has 156 valence electrons. The van der Waals surface area contributed by atoms with Crippen molar-refractivity contribution in [3.8, 4) is 17.0 Å². The predicted molar refractivity (Wildman–Crippen MR) is 113 cm³/mol. The number of ether oxygens (including phenoxy) is 1. The van der Waals surface area contributed by atoms with E-state index >= 15 is 0 Å². The van der Waals surface area contributed by atoms with Crippen molar-refractivity contribution in [2.24, 2.45) is 0 Å². The first-order chi connectivity index (χ1) is 14.5. The van der Waals surface area contributed by atoms with E-state index < -0.39 is 5.82 Å². The van der Waals surface area contributed by atoms with E-state index in [1.165, 1.54) is 36.6 Å². The van der Waals surface area contributed by atoms with Crippen molar-refractivity contribution in [2.75, 3.05) is 13.7 Å². The van der Waals surface area contributed by atoms with Crippen LogP contribution in [0.1, 0.15) is 36.7 Å². The van der Waals surface area contributed by atoms with Crippen LogP contribution in [0.15, 0.2) is 45.9 Å². The summed E-state index contributed by atoms with van der Waals surface area (Å²) in [6.07, 6.45) is 2.62. The van der Waals surface area contributed by atoms with Gasteiger partial charge in [0, 0.05) is 23.6 Å². The number of carbonyl (C=O) groups excluding carboxylic acids is 1. The molecule has 3 aromatic rings. The van der Waals surface area contributed by atoms with Gasteiger partial charge >= 0.3 is 0 Å². The Labute approximate surface area is 177 Å². The summed E-state index contributed by atoms with van der Waals surface area (Å²) in [4.78, 5) is 34.6. The normalized spacial score (nSPS) is 16.5. The molecule has 1 atom stereocenters. The lowest BCUT2D eigenvalue weighted by molar-refractivity contribution is -0.134. The number of carbonyl (C=O) groups is 1. The highest BCUT2D eigenvalue weighted by Crippen LogP contribution is 2.30. The van der Waals surface area contributed by atoms with Crippen LogP contribution in [-0.2, 0) is 11.2 Å². The highest BCUT2D eigenvalue weighted by atomic mass is 32.1. The number of amides is 1. The Bertz CT molecular complexity index is 1100. The first-order valence-electron chi connectivity index (χ1n) is 9.81. The third-order valence-electron chi connectivity index (χ3n) is 5.29. The summed E-state index contributed by atoms with van der Waals surface area (Å²) >= 11 is 1.54. The van der Waals surface area contributed by atoms with Crippen LogP contribution in [0, 0.1) is 5.82 Å². The third-order valence-corrected chi connectivity index (χ3v) is 5.97. The molecular weight excluding hydrogens is 405 g/mol. The standard InChI is InChI=1S/C22H22FN3O3S/c1-29-19-6-5-14(10-16(19)23)11-21(28)26-8-3-2-4-18(26)22-24-17(12-20(27)25-22)15-7-9-30-13-15/h5-7,9-10,12-13,18H,2-4,8,11H2,1H3,(H,24,25,27)/t18-/m1/s1. The summed E-state index contributed by atoms with van der Waals surface area (Å²) in [5, 5.41) is 3.87. The van der Waals surface area contributed by atoms with Gasteiger partial charge in [0.2, 0.25) is 5.91 Å². The summed E-state index contributed by atoms with van der Waals surface area (Å²) in [5.74, 6) is 0.0343. The first kappa shape index (κ1) is 20.3. The maximum atomic E-state index is 14.0. The minimum absolute atomic E-state index is 0.0753. The van der Waals surface area contributed by atoms with Crippen LogP contribution >= 0.6 is 11.3 Å². The fourth-order valence-electron chi connectivity index (χ4n) is 3.80. The number of hydrogen-bond acceptors (Lipinski definition) is 5. The number of halogens is 1. The Morgan fingerprint density at radius 3 is 2.93 bits per heavy atom. The predicted octanol–water partition coefficient (Wildman–Crippen LogP) is 3.94. The maximum Gasteiger partial charge on any atom is 0.251 e. The number of benzene rings is 1. The monoisotopic (exact) mass is 427 g/mol. The minimum atomic E-state index is -0.493. The second-order valence-electron chi connectivity index (χ2n) is 7.27. The van der Waals surface area contributed by atoms with Crippen LogP contribution in [0.3, 0.4) is 0 Å². The number of methoxy groups -OCH3 is 1. The lowest BCUT2D eigenvalue weighted by Gasteiger charge is -2.35. The zero-order valence-electron chi connectivity index (χ0n) is 16.6. The van der Waals surface area contributed by atoms with Crippen LogP contribution in [-0.4, -0.2) is 34.4 Å². The summed E-state index contributed by atoms with van der Waals surface area (Å²) in [6.45, 7) is 0.578. The van der Waals surface area contributed by atoms with Gasteiger partial charge in [-0.25, -0.2) is 9.37 Å². The van der Waals surface area contributed by atoms with Crippen molar-refractivity contribution in [2.45, 2.75) is 31.7 Å². The average Bonchev–Trinajstić information content (AvgIpc) is 3.28. The van der Waals surface area contributed by atoms with Gasteiger partial charge in [-0.1, -0.05) is 6.07 Å². The van der Waals surface area contributed by atoms with E-state index in [1.807, 2.05) is 16.8 Å². The van der Waals surface area contributed by atoms with Gasteiger partial charge in [0.15, 0.2) is 11.6 Å². The smallest absolute Gasteiger partial charge is 0.251 e. The van der Waals surface area contributed by atoms with Crippen molar-refractivity contribution >= 4 is 17.2 Å². The Morgan fingerprint density at radius 1 is 1.33 bits per heavy atom. The van der Waals surface area contributed by atoms with Crippen molar-refractivity contribution < 1.29 is 13.9 Å². The molecule has 1 saturated heterocycles.